The number of nitrogens with zero attached hydrogens (tertiary/aromatic N) is 1. The fraction of sp³-hybridized carbons (Fsp3) is 0.552. The average molecular weight is 486 g/mol. The maximum Gasteiger partial charge on any atom is 0.338 e. The topological polar surface area (TPSA) is 57.2 Å². The molecule has 0 aliphatic rings. The predicted molar refractivity (Wildman–Crippen MR) is 141 cm³/mol. The Labute approximate surface area is 211 Å². The van der Waals surface area contributed by atoms with E-state index >= 15 is 0 Å². The Morgan fingerprint density at radius 1 is 0.857 bits per heavy atom. The van der Waals surface area contributed by atoms with Gasteiger partial charge in [-0.25, -0.2) is 4.79 Å². The van der Waals surface area contributed by atoms with Gasteiger partial charge in [-0.2, -0.15) is 0 Å². The van der Waals surface area contributed by atoms with E-state index in [9.17, 15) is 4.79 Å². The van der Waals surface area contributed by atoms with E-state index in [-0.39, 0.29) is 5.97 Å². The molecule has 6 nitrogen and oxygen atoms in total. The summed E-state index contributed by atoms with van der Waals surface area (Å²) in [7, 11) is 0. The lowest BCUT2D eigenvalue weighted by atomic mass is 10.1. The van der Waals surface area contributed by atoms with E-state index in [0.29, 0.717) is 55.3 Å². The number of unbranched alkanes of at least 4 members (excludes halogenated alkanes) is 1. The van der Waals surface area contributed by atoms with E-state index in [4.69, 9.17) is 18.9 Å². The van der Waals surface area contributed by atoms with E-state index in [2.05, 4.69) is 49.1 Å². The van der Waals surface area contributed by atoms with Gasteiger partial charge in [0.15, 0.2) is 11.5 Å². The number of hydrogen-bond donors (Lipinski definition) is 0. The monoisotopic (exact) mass is 485 g/mol. The van der Waals surface area contributed by atoms with E-state index in [0.717, 1.165) is 38.8 Å². The highest BCUT2D eigenvalue weighted by Crippen LogP contribution is 2.39. The first-order chi connectivity index (χ1) is 17.0. The maximum absolute atomic E-state index is 12.8. The third kappa shape index (κ3) is 9.44. The second kappa shape index (κ2) is 16.0. The molecular formula is C29H43NO5. The van der Waals surface area contributed by atoms with Crippen molar-refractivity contribution in [1.82, 2.24) is 4.90 Å². The molecule has 2 rings (SSSR count). The molecule has 0 bridgehead atoms. The lowest BCUT2D eigenvalue weighted by Crippen LogP contribution is -2.36. The first-order valence-corrected chi connectivity index (χ1v) is 13.0. The number of esters is 1. The van der Waals surface area contributed by atoms with Crippen molar-refractivity contribution in [2.75, 3.05) is 39.5 Å². The molecule has 0 saturated heterocycles. The Balaban J connectivity index is 1.90. The molecule has 6 heteroatoms. The number of ether oxygens (including phenoxy) is 4. The van der Waals surface area contributed by atoms with Crippen LogP contribution in [-0.4, -0.2) is 56.4 Å². The van der Waals surface area contributed by atoms with Gasteiger partial charge in [-0.15, -0.1) is 0 Å². The van der Waals surface area contributed by atoms with Gasteiger partial charge in [0.2, 0.25) is 5.75 Å². The summed E-state index contributed by atoms with van der Waals surface area (Å²) in [5.41, 5.74) is 1.77. The van der Waals surface area contributed by atoms with Gasteiger partial charge in [0.1, 0.15) is 0 Å². The van der Waals surface area contributed by atoms with Crippen LogP contribution in [0.3, 0.4) is 0 Å². The standard InChI is InChI=1S/C29H43NO5/c1-6-17-30(23(5)20-24-15-11-10-12-16-24)18-13-14-19-35-29(31)25-21-26(32-7-2)28(34-9-4)27(22-25)33-8-3/h10-12,15-16,21-23H,6-9,13-14,17-20H2,1-5H3. The van der Waals surface area contributed by atoms with Crippen molar-refractivity contribution in [3.63, 3.8) is 0 Å². The predicted octanol–water partition coefficient (Wildman–Crippen LogP) is 6.16. The van der Waals surface area contributed by atoms with Crippen molar-refractivity contribution in [2.45, 2.75) is 66.3 Å². The fourth-order valence-corrected chi connectivity index (χ4v) is 4.10. The highest BCUT2D eigenvalue weighted by atomic mass is 16.5. The zero-order valence-corrected chi connectivity index (χ0v) is 22.2. The molecule has 0 radical (unpaired) electrons. The molecule has 1 atom stereocenters. The van der Waals surface area contributed by atoms with Crippen LogP contribution in [0.2, 0.25) is 0 Å². The number of carbonyl (C=O) groups excluding carboxylic acids is 1. The molecule has 2 aromatic rings. The third-order valence-electron chi connectivity index (χ3n) is 5.73. The molecule has 194 valence electrons. The van der Waals surface area contributed by atoms with Crippen LogP contribution < -0.4 is 14.2 Å². The van der Waals surface area contributed by atoms with Gasteiger partial charge in [0.25, 0.3) is 0 Å². The number of rotatable bonds is 17. The van der Waals surface area contributed by atoms with Gasteiger partial charge in [0, 0.05) is 6.04 Å². The summed E-state index contributed by atoms with van der Waals surface area (Å²) >= 11 is 0. The molecule has 0 aliphatic carbocycles. The lowest BCUT2D eigenvalue weighted by Gasteiger charge is -2.29. The van der Waals surface area contributed by atoms with Crippen molar-refractivity contribution < 1.29 is 23.7 Å². The van der Waals surface area contributed by atoms with Crippen molar-refractivity contribution in [1.29, 1.82) is 0 Å². The zero-order chi connectivity index (χ0) is 25.5. The quantitative estimate of drug-likeness (QED) is 0.197. The minimum Gasteiger partial charge on any atom is -0.490 e. The van der Waals surface area contributed by atoms with Crippen LogP contribution in [-0.2, 0) is 11.2 Å². The van der Waals surface area contributed by atoms with Gasteiger partial charge in [0.05, 0.1) is 32.0 Å². The number of carbonyl (C=O) groups is 1. The van der Waals surface area contributed by atoms with Crippen LogP contribution in [0, 0.1) is 0 Å². The minimum atomic E-state index is -0.377. The molecule has 0 heterocycles. The maximum atomic E-state index is 12.8. The van der Waals surface area contributed by atoms with Crippen LogP contribution >= 0.6 is 0 Å². The van der Waals surface area contributed by atoms with Crippen LogP contribution in [0.4, 0.5) is 0 Å². The summed E-state index contributed by atoms with van der Waals surface area (Å²) in [6.45, 7) is 14.0. The molecule has 0 fully saturated rings. The number of benzene rings is 2. The molecule has 0 N–H and O–H groups in total. The van der Waals surface area contributed by atoms with E-state index in [1.165, 1.54) is 5.56 Å². The molecule has 35 heavy (non-hydrogen) atoms. The number of hydrogen-bond acceptors (Lipinski definition) is 6. The third-order valence-corrected chi connectivity index (χ3v) is 5.73. The first-order valence-electron chi connectivity index (χ1n) is 13.0. The molecule has 0 aromatic heterocycles. The molecule has 2 aromatic carbocycles. The van der Waals surface area contributed by atoms with Crippen molar-refractivity contribution in [3.8, 4) is 17.2 Å². The zero-order valence-electron chi connectivity index (χ0n) is 22.2. The summed E-state index contributed by atoms with van der Waals surface area (Å²) in [5, 5.41) is 0. The van der Waals surface area contributed by atoms with Gasteiger partial charge in [-0.05, 0) is 84.2 Å². The Kier molecular flexibility index (Phi) is 13.1. The van der Waals surface area contributed by atoms with Crippen molar-refractivity contribution >= 4 is 5.97 Å². The first kappa shape index (κ1) is 28.5. The van der Waals surface area contributed by atoms with Gasteiger partial charge >= 0.3 is 5.97 Å². The summed E-state index contributed by atoms with van der Waals surface area (Å²) in [5.74, 6) is 1.14. The summed E-state index contributed by atoms with van der Waals surface area (Å²) in [6, 6.07) is 14.4. The van der Waals surface area contributed by atoms with Gasteiger partial charge in [-0.3, -0.25) is 0 Å². The average Bonchev–Trinajstić information content (AvgIpc) is 2.85. The summed E-state index contributed by atoms with van der Waals surface area (Å²) in [6.07, 6.45) is 3.95. The van der Waals surface area contributed by atoms with Crippen LogP contribution in [0.1, 0.15) is 69.8 Å². The summed E-state index contributed by atoms with van der Waals surface area (Å²) < 4.78 is 22.7. The second-order valence-corrected chi connectivity index (χ2v) is 8.52. The Bertz CT molecular complexity index is 844. The van der Waals surface area contributed by atoms with Gasteiger partial charge in [-0.1, -0.05) is 37.3 Å². The highest BCUT2D eigenvalue weighted by Gasteiger charge is 2.19. The molecular weight excluding hydrogens is 442 g/mol. The van der Waals surface area contributed by atoms with E-state index in [1.807, 2.05) is 20.8 Å². The minimum absolute atomic E-state index is 0.377. The van der Waals surface area contributed by atoms with E-state index < -0.39 is 0 Å². The molecule has 0 aliphatic heterocycles. The molecule has 0 saturated carbocycles. The van der Waals surface area contributed by atoms with Gasteiger partial charge < -0.3 is 23.8 Å². The molecule has 0 spiro atoms. The second-order valence-electron chi connectivity index (χ2n) is 8.52. The van der Waals surface area contributed by atoms with Crippen molar-refractivity contribution in [3.05, 3.63) is 53.6 Å². The van der Waals surface area contributed by atoms with E-state index in [1.54, 1.807) is 12.1 Å². The Morgan fingerprint density at radius 3 is 2.06 bits per heavy atom. The highest BCUT2D eigenvalue weighted by molar-refractivity contribution is 5.91. The van der Waals surface area contributed by atoms with Crippen LogP contribution in [0.15, 0.2) is 42.5 Å². The SMILES string of the molecule is CCCN(CCCCOC(=O)c1cc(OCC)c(OCC)c(OCC)c1)C(C)Cc1ccccc1. The Hall–Kier alpha value is -2.73. The Morgan fingerprint density at radius 2 is 1.49 bits per heavy atom. The largest absolute Gasteiger partial charge is 0.490 e. The summed E-state index contributed by atoms with van der Waals surface area (Å²) in [4.78, 5) is 15.3. The fourth-order valence-electron chi connectivity index (χ4n) is 4.10. The van der Waals surface area contributed by atoms with Crippen LogP contribution in [0.5, 0.6) is 17.2 Å². The molecule has 1 unspecified atom stereocenters. The molecule has 0 amide bonds. The normalized spacial score (nSPS) is 11.8. The smallest absolute Gasteiger partial charge is 0.338 e. The van der Waals surface area contributed by atoms with Crippen LogP contribution in [0.25, 0.3) is 0 Å². The van der Waals surface area contributed by atoms with Crippen molar-refractivity contribution in [2.24, 2.45) is 0 Å². The lowest BCUT2D eigenvalue weighted by molar-refractivity contribution is 0.0492.